The Hall–Kier alpha value is -3.22. The maximum absolute atomic E-state index is 12.2. The number of amides is 1. The number of rotatable bonds is 5. The number of carbonyl (C=O) groups is 1. The molecule has 0 fully saturated rings. The summed E-state index contributed by atoms with van der Waals surface area (Å²) in [5.41, 5.74) is 2.63. The van der Waals surface area contributed by atoms with Gasteiger partial charge in [0.05, 0.1) is 5.69 Å². The number of anilines is 1. The molecule has 1 atom stereocenters. The Morgan fingerprint density at radius 1 is 1.21 bits per heavy atom. The minimum absolute atomic E-state index is 0.216. The predicted octanol–water partition coefficient (Wildman–Crippen LogP) is 2.38. The van der Waals surface area contributed by atoms with Crippen LogP contribution in [0.4, 0.5) is 5.69 Å². The molecule has 1 aromatic heterocycles. The normalized spacial score (nSPS) is 11.8. The van der Waals surface area contributed by atoms with Gasteiger partial charge in [0.2, 0.25) is 0 Å². The summed E-state index contributed by atoms with van der Waals surface area (Å²) in [6, 6.07) is 14.8. The third-order valence-electron chi connectivity index (χ3n) is 3.43. The largest absolute Gasteiger partial charge is 0.481 e. The van der Waals surface area contributed by atoms with Crippen LogP contribution in [0.2, 0.25) is 0 Å². The second-order valence-corrected chi connectivity index (χ2v) is 5.37. The van der Waals surface area contributed by atoms with Crippen molar-refractivity contribution in [2.45, 2.75) is 20.0 Å². The Labute approximate surface area is 139 Å². The van der Waals surface area contributed by atoms with E-state index in [9.17, 15) is 4.79 Å². The lowest BCUT2D eigenvalue weighted by Gasteiger charge is -2.15. The van der Waals surface area contributed by atoms with Crippen LogP contribution in [-0.2, 0) is 4.79 Å². The van der Waals surface area contributed by atoms with Gasteiger partial charge in [-0.05, 0) is 48.5 Å². The van der Waals surface area contributed by atoms with Crippen LogP contribution < -0.4 is 10.1 Å². The van der Waals surface area contributed by atoms with Crippen LogP contribution in [0.3, 0.4) is 0 Å². The molecule has 0 spiro atoms. The molecular weight excluding hydrogens is 306 g/mol. The lowest BCUT2D eigenvalue weighted by molar-refractivity contribution is -0.122. The summed E-state index contributed by atoms with van der Waals surface area (Å²) in [5, 5.41) is 13.9. The number of ether oxygens (including phenoxy) is 1. The van der Waals surface area contributed by atoms with Gasteiger partial charge < -0.3 is 10.1 Å². The Morgan fingerprint density at radius 2 is 2.00 bits per heavy atom. The minimum Gasteiger partial charge on any atom is -0.481 e. The van der Waals surface area contributed by atoms with E-state index >= 15 is 0 Å². The van der Waals surface area contributed by atoms with Gasteiger partial charge in [0, 0.05) is 11.8 Å². The maximum Gasteiger partial charge on any atom is 0.265 e. The number of tetrazole rings is 1. The molecule has 2 aromatic carbocycles. The molecule has 0 aliphatic rings. The number of aryl methyl sites for hydroxylation is 1. The van der Waals surface area contributed by atoms with E-state index in [0.29, 0.717) is 5.75 Å². The maximum atomic E-state index is 12.2. The fourth-order valence-electron chi connectivity index (χ4n) is 2.12. The van der Waals surface area contributed by atoms with Crippen molar-refractivity contribution in [3.05, 3.63) is 60.4 Å². The molecular formula is C17H17N5O2. The van der Waals surface area contributed by atoms with E-state index in [1.54, 1.807) is 19.1 Å². The van der Waals surface area contributed by atoms with Gasteiger partial charge in [-0.3, -0.25) is 4.79 Å². The molecule has 1 N–H and O–H groups in total. The van der Waals surface area contributed by atoms with Gasteiger partial charge in [0.25, 0.3) is 5.91 Å². The van der Waals surface area contributed by atoms with Crippen LogP contribution >= 0.6 is 0 Å². The topological polar surface area (TPSA) is 81.9 Å². The highest BCUT2D eigenvalue weighted by Crippen LogP contribution is 2.18. The molecule has 24 heavy (non-hydrogen) atoms. The van der Waals surface area contributed by atoms with Crippen molar-refractivity contribution in [2.75, 3.05) is 5.32 Å². The highest BCUT2D eigenvalue weighted by atomic mass is 16.5. The van der Waals surface area contributed by atoms with E-state index in [1.807, 2.05) is 43.3 Å². The summed E-state index contributed by atoms with van der Waals surface area (Å²) in [5.74, 6) is 0.348. The van der Waals surface area contributed by atoms with Crippen molar-refractivity contribution in [2.24, 2.45) is 0 Å². The fraction of sp³-hybridized carbons (Fsp3) is 0.176. The third-order valence-corrected chi connectivity index (χ3v) is 3.43. The fourth-order valence-corrected chi connectivity index (χ4v) is 2.12. The zero-order valence-electron chi connectivity index (χ0n) is 13.4. The number of carbonyl (C=O) groups excluding carboxylic acids is 1. The Kier molecular flexibility index (Phi) is 4.51. The molecule has 3 rings (SSSR count). The first-order valence-electron chi connectivity index (χ1n) is 7.49. The standard InChI is InChI=1S/C17H17N5O2/c1-12-6-8-14(9-7-12)19-17(23)13(2)24-16-5-3-4-15(10-16)22-11-18-20-21-22/h3-11,13H,1-2H3,(H,19,23)/t13-/m0/s1. The van der Waals surface area contributed by atoms with E-state index in [2.05, 4.69) is 20.8 Å². The molecule has 0 saturated heterocycles. The summed E-state index contributed by atoms with van der Waals surface area (Å²) in [7, 11) is 0. The zero-order chi connectivity index (χ0) is 16.9. The molecule has 0 unspecified atom stereocenters. The van der Waals surface area contributed by atoms with Crippen molar-refractivity contribution in [1.29, 1.82) is 0 Å². The molecule has 1 amide bonds. The highest BCUT2D eigenvalue weighted by molar-refractivity contribution is 5.94. The van der Waals surface area contributed by atoms with E-state index < -0.39 is 6.10 Å². The van der Waals surface area contributed by atoms with Crippen LogP contribution in [-0.4, -0.2) is 32.2 Å². The first-order chi connectivity index (χ1) is 11.6. The Morgan fingerprint density at radius 3 is 2.71 bits per heavy atom. The second-order valence-electron chi connectivity index (χ2n) is 5.37. The average Bonchev–Trinajstić information content (AvgIpc) is 3.12. The third kappa shape index (κ3) is 3.75. The van der Waals surface area contributed by atoms with Crippen LogP contribution in [0.15, 0.2) is 54.9 Å². The van der Waals surface area contributed by atoms with E-state index in [0.717, 1.165) is 16.9 Å². The number of aromatic nitrogens is 4. The lowest BCUT2D eigenvalue weighted by atomic mass is 10.2. The van der Waals surface area contributed by atoms with Gasteiger partial charge in [-0.2, -0.15) is 0 Å². The SMILES string of the molecule is Cc1ccc(NC(=O)[C@H](C)Oc2cccc(-n3cnnn3)c2)cc1. The van der Waals surface area contributed by atoms with Crippen LogP contribution in [0, 0.1) is 6.92 Å². The number of hydrogen-bond acceptors (Lipinski definition) is 5. The van der Waals surface area contributed by atoms with Crippen LogP contribution in [0.5, 0.6) is 5.75 Å². The van der Waals surface area contributed by atoms with Crippen molar-refractivity contribution in [1.82, 2.24) is 20.2 Å². The first kappa shape index (κ1) is 15.7. The Balaban J connectivity index is 1.65. The number of nitrogens with one attached hydrogen (secondary N) is 1. The molecule has 0 aliphatic carbocycles. The van der Waals surface area contributed by atoms with Crippen molar-refractivity contribution < 1.29 is 9.53 Å². The molecule has 1 heterocycles. The molecule has 0 saturated carbocycles. The van der Waals surface area contributed by atoms with Gasteiger partial charge in [-0.15, -0.1) is 5.10 Å². The summed E-state index contributed by atoms with van der Waals surface area (Å²) in [6.07, 6.45) is 0.850. The number of nitrogens with zero attached hydrogens (tertiary/aromatic N) is 4. The molecule has 7 nitrogen and oxygen atoms in total. The Bertz CT molecular complexity index is 815. The van der Waals surface area contributed by atoms with Gasteiger partial charge in [0.15, 0.2) is 6.10 Å². The van der Waals surface area contributed by atoms with Crippen molar-refractivity contribution in [3.63, 3.8) is 0 Å². The summed E-state index contributed by atoms with van der Waals surface area (Å²) in [4.78, 5) is 12.2. The summed E-state index contributed by atoms with van der Waals surface area (Å²) < 4.78 is 7.23. The summed E-state index contributed by atoms with van der Waals surface area (Å²) >= 11 is 0. The second kappa shape index (κ2) is 6.91. The van der Waals surface area contributed by atoms with Crippen LogP contribution in [0.1, 0.15) is 12.5 Å². The van der Waals surface area contributed by atoms with E-state index in [-0.39, 0.29) is 5.91 Å². The smallest absolute Gasteiger partial charge is 0.265 e. The molecule has 0 bridgehead atoms. The van der Waals surface area contributed by atoms with Crippen molar-refractivity contribution >= 4 is 11.6 Å². The van der Waals surface area contributed by atoms with E-state index in [4.69, 9.17) is 4.74 Å². The molecule has 122 valence electrons. The van der Waals surface area contributed by atoms with Gasteiger partial charge >= 0.3 is 0 Å². The predicted molar refractivity (Wildman–Crippen MR) is 89.1 cm³/mol. The highest BCUT2D eigenvalue weighted by Gasteiger charge is 2.15. The monoisotopic (exact) mass is 323 g/mol. The molecule has 7 heteroatoms. The number of benzene rings is 2. The van der Waals surface area contributed by atoms with Gasteiger partial charge in [0.1, 0.15) is 12.1 Å². The molecule has 0 radical (unpaired) electrons. The lowest BCUT2D eigenvalue weighted by Crippen LogP contribution is -2.30. The number of hydrogen-bond donors (Lipinski definition) is 1. The first-order valence-corrected chi connectivity index (χ1v) is 7.49. The average molecular weight is 323 g/mol. The van der Waals surface area contributed by atoms with E-state index in [1.165, 1.54) is 11.0 Å². The minimum atomic E-state index is -0.643. The van der Waals surface area contributed by atoms with Crippen molar-refractivity contribution in [3.8, 4) is 11.4 Å². The molecule has 0 aliphatic heterocycles. The molecule has 3 aromatic rings. The van der Waals surface area contributed by atoms with Gasteiger partial charge in [-0.25, -0.2) is 4.68 Å². The zero-order valence-corrected chi connectivity index (χ0v) is 13.4. The quantitative estimate of drug-likeness (QED) is 0.779. The summed E-state index contributed by atoms with van der Waals surface area (Å²) in [6.45, 7) is 3.70. The van der Waals surface area contributed by atoms with Crippen LogP contribution in [0.25, 0.3) is 5.69 Å². The van der Waals surface area contributed by atoms with Gasteiger partial charge in [-0.1, -0.05) is 23.8 Å².